The summed E-state index contributed by atoms with van der Waals surface area (Å²) in [6, 6.07) is 17.7. The summed E-state index contributed by atoms with van der Waals surface area (Å²) in [6.45, 7) is 0.702. The predicted octanol–water partition coefficient (Wildman–Crippen LogP) is 4.14. The quantitative estimate of drug-likeness (QED) is 0.794. The molecule has 0 N–H and O–H groups in total. The number of carbonyl (C=O) groups is 1. The predicted molar refractivity (Wildman–Crippen MR) is 105 cm³/mol. The van der Waals surface area contributed by atoms with Gasteiger partial charge in [0.2, 0.25) is 0 Å². The number of carbonyl (C=O) groups excluding carboxylic acids is 1. The summed E-state index contributed by atoms with van der Waals surface area (Å²) in [5.41, 5.74) is 1.82. The molecule has 2 unspecified atom stereocenters. The lowest BCUT2D eigenvalue weighted by atomic mass is 9.95. The molecule has 142 valence electrons. The SMILES string of the molecule is CN1C2CCC1CC(N(CCc1ccccc1)C(=O)c1ccc(F)cc1)C2. The minimum Gasteiger partial charge on any atom is -0.335 e. The second-order valence-electron chi connectivity index (χ2n) is 7.92. The molecule has 2 atom stereocenters. The van der Waals surface area contributed by atoms with Crippen LogP contribution in [0.3, 0.4) is 0 Å². The van der Waals surface area contributed by atoms with Gasteiger partial charge < -0.3 is 9.80 Å². The number of nitrogens with zero attached hydrogens (tertiary/aromatic N) is 2. The van der Waals surface area contributed by atoms with Crippen LogP contribution in [0.15, 0.2) is 54.6 Å². The molecule has 0 spiro atoms. The third kappa shape index (κ3) is 3.91. The monoisotopic (exact) mass is 366 g/mol. The van der Waals surface area contributed by atoms with Crippen molar-refractivity contribution in [3.8, 4) is 0 Å². The summed E-state index contributed by atoms with van der Waals surface area (Å²) < 4.78 is 13.3. The van der Waals surface area contributed by atoms with Crippen molar-refractivity contribution < 1.29 is 9.18 Å². The molecule has 2 aromatic rings. The summed E-state index contributed by atoms with van der Waals surface area (Å²) in [4.78, 5) is 17.8. The summed E-state index contributed by atoms with van der Waals surface area (Å²) in [5.74, 6) is -0.278. The smallest absolute Gasteiger partial charge is 0.254 e. The van der Waals surface area contributed by atoms with Crippen LogP contribution in [0, 0.1) is 5.82 Å². The van der Waals surface area contributed by atoms with E-state index in [0.29, 0.717) is 24.2 Å². The molecule has 3 nitrogen and oxygen atoms in total. The summed E-state index contributed by atoms with van der Waals surface area (Å²) >= 11 is 0. The number of benzene rings is 2. The molecule has 0 aliphatic carbocycles. The van der Waals surface area contributed by atoms with E-state index in [9.17, 15) is 9.18 Å². The van der Waals surface area contributed by atoms with Crippen LogP contribution in [0.5, 0.6) is 0 Å². The van der Waals surface area contributed by atoms with Crippen molar-refractivity contribution in [1.82, 2.24) is 9.80 Å². The number of rotatable bonds is 5. The first-order chi connectivity index (χ1) is 13.1. The first-order valence-electron chi connectivity index (χ1n) is 9.94. The second-order valence-corrected chi connectivity index (χ2v) is 7.92. The molecule has 0 aromatic heterocycles. The Labute approximate surface area is 160 Å². The number of halogens is 1. The van der Waals surface area contributed by atoms with Crippen molar-refractivity contribution in [1.29, 1.82) is 0 Å². The van der Waals surface area contributed by atoms with Gasteiger partial charge in [-0.1, -0.05) is 30.3 Å². The number of hydrogen-bond acceptors (Lipinski definition) is 2. The maximum Gasteiger partial charge on any atom is 0.254 e. The zero-order valence-corrected chi connectivity index (χ0v) is 15.9. The van der Waals surface area contributed by atoms with Crippen LogP contribution in [-0.2, 0) is 6.42 Å². The molecule has 2 bridgehead atoms. The molecule has 2 heterocycles. The van der Waals surface area contributed by atoms with E-state index in [4.69, 9.17) is 0 Å². The molecule has 0 saturated carbocycles. The molecule has 1 amide bonds. The maximum absolute atomic E-state index is 13.3. The average Bonchev–Trinajstić information content (AvgIpc) is 2.90. The van der Waals surface area contributed by atoms with Crippen molar-refractivity contribution in [2.24, 2.45) is 0 Å². The largest absolute Gasteiger partial charge is 0.335 e. The van der Waals surface area contributed by atoms with Gasteiger partial charge >= 0.3 is 0 Å². The van der Waals surface area contributed by atoms with E-state index < -0.39 is 0 Å². The van der Waals surface area contributed by atoms with Crippen LogP contribution in [0.2, 0.25) is 0 Å². The van der Waals surface area contributed by atoms with Crippen molar-refractivity contribution >= 4 is 5.91 Å². The molecule has 2 aliphatic rings. The topological polar surface area (TPSA) is 23.6 Å². The first kappa shape index (κ1) is 18.2. The van der Waals surface area contributed by atoms with Gasteiger partial charge in [-0.15, -0.1) is 0 Å². The molecule has 0 radical (unpaired) electrons. The summed E-state index contributed by atoms with van der Waals surface area (Å²) in [7, 11) is 2.22. The van der Waals surface area contributed by atoms with E-state index >= 15 is 0 Å². The number of piperidine rings is 1. The Morgan fingerprint density at radius 2 is 1.67 bits per heavy atom. The normalized spacial score (nSPS) is 24.7. The van der Waals surface area contributed by atoms with Crippen LogP contribution in [0.4, 0.5) is 4.39 Å². The van der Waals surface area contributed by atoms with Crippen LogP contribution >= 0.6 is 0 Å². The van der Waals surface area contributed by atoms with Crippen molar-refractivity contribution in [2.75, 3.05) is 13.6 Å². The standard InChI is InChI=1S/C23H27FN2O/c1-25-20-11-12-21(25)16-22(15-20)26(14-13-17-5-3-2-4-6-17)23(27)18-7-9-19(24)10-8-18/h2-10,20-22H,11-16H2,1H3. The lowest BCUT2D eigenvalue weighted by Crippen LogP contribution is -2.51. The molecule has 4 heteroatoms. The van der Waals surface area contributed by atoms with Gasteiger partial charge in [0.05, 0.1) is 0 Å². The van der Waals surface area contributed by atoms with Gasteiger partial charge in [-0.3, -0.25) is 4.79 Å². The van der Waals surface area contributed by atoms with Crippen LogP contribution < -0.4 is 0 Å². The highest BCUT2D eigenvalue weighted by Gasteiger charge is 2.41. The number of fused-ring (bicyclic) bond motifs is 2. The molecule has 2 fully saturated rings. The fraction of sp³-hybridized carbons (Fsp3) is 0.435. The van der Waals surface area contributed by atoms with Gasteiger partial charge in [0.25, 0.3) is 5.91 Å². The highest BCUT2D eigenvalue weighted by molar-refractivity contribution is 5.94. The van der Waals surface area contributed by atoms with Gasteiger partial charge in [-0.25, -0.2) is 4.39 Å². The van der Waals surface area contributed by atoms with E-state index in [-0.39, 0.29) is 17.8 Å². The Balaban J connectivity index is 1.55. The zero-order chi connectivity index (χ0) is 18.8. The van der Waals surface area contributed by atoms with Gasteiger partial charge in [0, 0.05) is 30.2 Å². The lowest BCUT2D eigenvalue weighted by Gasteiger charge is -2.42. The third-order valence-electron chi connectivity index (χ3n) is 6.35. The van der Waals surface area contributed by atoms with E-state index in [0.717, 1.165) is 19.3 Å². The Kier molecular flexibility index (Phi) is 5.26. The van der Waals surface area contributed by atoms with E-state index in [2.05, 4.69) is 29.0 Å². The second kappa shape index (κ2) is 7.81. The fourth-order valence-corrected chi connectivity index (χ4v) is 4.74. The van der Waals surface area contributed by atoms with Crippen LogP contribution in [0.25, 0.3) is 0 Å². The van der Waals surface area contributed by atoms with Crippen LogP contribution in [0.1, 0.15) is 41.6 Å². The molecular weight excluding hydrogens is 339 g/mol. The van der Waals surface area contributed by atoms with Gasteiger partial charge in [0.15, 0.2) is 0 Å². The molecule has 2 saturated heterocycles. The first-order valence-corrected chi connectivity index (χ1v) is 9.94. The van der Waals surface area contributed by atoms with Crippen molar-refractivity contribution in [2.45, 2.75) is 50.2 Å². The molecule has 27 heavy (non-hydrogen) atoms. The number of amides is 1. The Morgan fingerprint density at radius 1 is 1.04 bits per heavy atom. The molecule has 2 aromatic carbocycles. The van der Waals surface area contributed by atoms with E-state index in [1.165, 1.54) is 30.5 Å². The Bertz CT molecular complexity index is 763. The lowest BCUT2D eigenvalue weighted by molar-refractivity contribution is 0.0488. The fourth-order valence-electron chi connectivity index (χ4n) is 4.74. The molecule has 2 aliphatic heterocycles. The van der Waals surface area contributed by atoms with Gasteiger partial charge in [-0.2, -0.15) is 0 Å². The highest BCUT2D eigenvalue weighted by Crippen LogP contribution is 2.36. The minimum absolute atomic E-state index is 0.0277. The molecule has 4 rings (SSSR count). The average molecular weight is 366 g/mol. The van der Waals surface area contributed by atoms with Crippen LogP contribution in [-0.4, -0.2) is 47.4 Å². The minimum atomic E-state index is -0.306. The van der Waals surface area contributed by atoms with Crippen molar-refractivity contribution in [3.63, 3.8) is 0 Å². The van der Waals surface area contributed by atoms with Gasteiger partial charge in [0.1, 0.15) is 5.82 Å². The summed E-state index contributed by atoms with van der Waals surface area (Å²) in [5, 5.41) is 0. The van der Waals surface area contributed by atoms with E-state index in [1.807, 2.05) is 18.2 Å². The highest BCUT2D eigenvalue weighted by atomic mass is 19.1. The van der Waals surface area contributed by atoms with E-state index in [1.54, 1.807) is 12.1 Å². The third-order valence-corrected chi connectivity index (χ3v) is 6.35. The Hall–Kier alpha value is -2.20. The molecular formula is C23H27FN2O. The van der Waals surface area contributed by atoms with Crippen molar-refractivity contribution in [3.05, 3.63) is 71.5 Å². The number of hydrogen-bond donors (Lipinski definition) is 0. The Morgan fingerprint density at radius 3 is 2.30 bits per heavy atom. The maximum atomic E-state index is 13.3. The summed E-state index contributed by atoms with van der Waals surface area (Å²) in [6.07, 6.45) is 5.38. The van der Waals surface area contributed by atoms with Gasteiger partial charge in [-0.05, 0) is 69.0 Å². The zero-order valence-electron chi connectivity index (χ0n) is 15.9.